The maximum Gasteiger partial charge on any atom is 0.291 e. The molecule has 164 valence electrons. The van der Waals surface area contributed by atoms with E-state index in [4.69, 9.17) is 16.0 Å². The van der Waals surface area contributed by atoms with Gasteiger partial charge in [0.25, 0.3) is 5.91 Å². The van der Waals surface area contributed by atoms with Gasteiger partial charge in [-0.05, 0) is 62.2 Å². The van der Waals surface area contributed by atoms with Crippen molar-refractivity contribution in [3.63, 3.8) is 0 Å². The fourth-order valence-electron chi connectivity index (χ4n) is 3.46. The summed E-state index contributed by atoms with van der Waals surface area (Å²) < 4.78 is 5.26. The quantitative estimate of drug-likeness (QED) is 0.328. The third-order valence-electron chi connectivity index (χ3n) is 4.88. The van der Waals surface area contributed by atoms with Crippen LogP contribution in [0.15, 0.2) is 59.2 Å². The van der Waals surface area contributed by atoms with Crippen molar-refractivity contribution < 1.29 is 9.21 Å². The van der Waals surface area contributed by atoms with Crippen molar-refractivity contribution in [2.75, 3.05) is 10.6 Å². The Bertz CT molecular complexity index is 1220. The number of thiophene rings is 1. The number of nitrogens with one attached hydrogen (secondary N) is 2. The monoisotopic (exact) mass is 466 g/mol. The number of benzene rings is 1. The molecule has 1 aromatic carbocycles. The number of aryl methyl sites for hydroxylation is 3. The van der Waals surface area contributed by atoms with E-state index in [0.717, 1.165) is 38.8 Å². The van der Waals surface area contributed by atoms with Gasteiger partial charge in [0.05, 0.1) is 12.3 Å². The lowest BCUT2D eigenvalue weighted by Crippen LogP contribution is -2.18. The van der Waals surface area contributed by atoms with Gasteiger partial charge < -0.3 is 15.1 Å². The molecule has 6 nitrogen and oxygen atoms in total. The third-order valence-corrected chi connectivity index (χ3v) is 6.33. The van der Waals surface area contributed by atoms with Crippen molar-refractivity contribution in [2.45, 2.75) is 33.2 Å². The lowest BCUT2D eigenvalue weighted by Gasteiger charge is -2.21. The van der Waals surface area contributed by atoms with E-state index in [0.29, 0.717) is 11.0 Å². The van der Waals surface area contributed by atoms with Crippen molar-refractivity contribution in [3.05, 3.63) is 93.0 Å². The number of rotatable bonds is 7. The Morgan fingerprint density at radius 3 is 2.56 bits per heavy atom. The molecule has 0 fully saturated rings. The summed E-state index contributed by atoms with van der Waals surface area (Å²) in [6, 6.07) is 14.7. The first-order chi connectivity index (χ1) is 15.4. The van der Waals surface area contributed by atoms with Gasteiger partial charge in [-0.25, -0.2) is 9.97 Å². The largest absolute Gasteiger partial charge is 0.459 e. The first-order valence-corrected chi connectivity index (χ1v) is 11.4. The Morgan fingerprint density at radius 1 is 1.12 bits per heavy atom. The van der Waals surface area contributed by atoms with E-state index in [-0.39, 0.29) is 17.7 Å². The number of nitrogens with zero attached hydrogens (tertiary/aromatic N) is 2. The van der Waals surface area contributed by atoms with Crippen LogP contribution in [0.3, 0.4) is 0 Å². The summed E-state index contributed by atoms with van der Waals surface area (Å²) in [5.41, 5.74) is 3.59. The molecular weight excluding hydrogens is 444 g/mol. The Morgan fingerprint density at radius 2 is 1.91 bits per heavy atom. The summed E-state index contributed by atoms with van der Waals surface area (Å²) in [6.45, 7) is 5.95. The Balaban J connectivity index is 1.78. The van der Waals surface area contributed by atoms with E-state index in [1.54, 1.807) is 23.5 Å². The van der Waals surface area contributed by atoms with Crippen LogP contribution < -0.4 is 10.6 Å². The predicted molar refractivity (Wildman–Crippen MR) is 129 cm³/mol. The lowest BCUT2D eigenvalue weighted by atomic mass is 10.00. The van der Waals surface area contributed by atoms with Gasteiger partial charge in [-0.3, -0.25) is 4.79 Å². The van der Waals surface area contributed by atoms with Crippen LogP contribution in [0.2, 0.25) is 5.02 Å². The number of hydrogen-bond acceptors (Lipinski definition) is 6. The number of amides is 1. The molecule has 8 heteroatoms. The minimum Gasteiger partial charge on any atom is -0.459 e. The van der Waals surface area contributed by atoms with Crippen LogP contribution in [0.1, 0.15) is 50.9 Å². The zero-order valence-electron chi connectivity index (χ0n) is 18.0. The molecule has 3 heterocycles. The number of carbonyl (C=O) groups excluding carboxylic acids is 1. The maximum absolute atomic E-state index is 12.7. The minimum absolute atomic E-state index is 0.257. The van der Waals surface area contributed by atoms with Crippen molar-refractivity contribution in [3.8, 4) is 0 Å². The maximum atomic E-state index is 12.7. The van der Waals surface area contributed by atoms with Crippen molar-refractivity contribution in [1.29, 1.82) is 0 Å². The number of halogens is 1. The van der Waals surface area contributed by atoms with Crippen LogP contribution in [0.4, 0.5) is 10.9 Å². The van der Waals surface area contributed by atoms with E-state index in [1.165, 1.54) is 6.26 Å². The smallest absolute Gasteiger partial charge is 0.291 e. The molecule has 3 aromatic heterocycles. The zero-order valence-corrected chi connectivity index (χ0v) is 19.6. The molecule has 32 heavy (non-hydrogen) atoms. The van der Waals surface area contributed by atoms with Crippen LogP contribution in [0, 0.1) is 13.8 Å². The van der Waals surface area contributed by atoms with Gasteiger partial charge in [0.15, 0.2) is 5.76 Å². The molecule has 4 rings (SSSR count). The third kappa shape index (κ3) is 5.00. The average molecular weight is 467 g/mol. The van der Waals surface area contributed by atoms with Gasteiger partial charge in [-0.1, -0.05) is 30.7 Å². The van der Waals surface area contributed by atoms with E-state index in [2.05, 4.69) is 33.6 Å². The lowest BCUT2D eigenvalue weighted by molar-refractivity contribution is 0.0997. The van der Waals surface area contributed by atoms with E-state index in [9.17, 15) is 4.79 Å². The molecule has 0 aliphatic rings. The second kappa shape index (κ2) is 9.54. The van der Waals surface area contributed by atoms with Crippen LogP contribution in [-0.4, -0.2) is 15.9 Å². The van der Waals surface area contributed by atoms with Crippen LogP contribution >= 0.6 is 22.9 Å². The highest BCUT2D eigenvalue weighted by Crippen LogP contribution is 2.38. The minimum atomic E-state index is -0.321. The van der Waals surface area contributed by atoms with Gasteiger partial charge >= 0.3 is 0 Å². The number of aromatic nitrogens is 2. The summed E-state index contributed by atoms with van der Waals surface area (Å²) in [7, 11) is 0. The number of furan rings is 1. The fraction of sp³-hybridized carbons (Fsp3) is 0.208. The molecule has 0 aliphatic heterocycles. The molecule has 0 radical (unpaired) electrons. The summed E-state index contributed by atoms with van der Waals surface area (Å²) >= 11 is 7.86. The predicted octanol–water partition coefficient (Wildman–Crippen LogP) is 6.42. The topological polar surface area (TPSA) is 80.0 Å². The van der Waals surface area contributed by atoms with Crippen LogP contribution in [0.5, 0.6) is 0 Å². The molecule has 0 aliphatic carbocycles. The van der Waals surface area contributed by atoms with E-state index < -0.39 is 0 Å². The Kier molecular flexibility index (Phi) is 6.58. The normalized spacial score (nSPS) is 11.9. The average Bonchev–Trinajstić information content (AvgIpc) is 3.41. The number of hydrogen-bond donors (Lipinski definition) is 2. The fourth-order valence-corrected chi connectivity index (χ4v) is 4.69. The Labute approximate surface area is 195 Å². The molecular formula is C24H23ClN4O2S. The van der Waals surface area contributed by atoms with Crippen molar-refractivity contribution in [1.82, 2.24) is 9.97 Å². The van der Waals surface area contributed by atoms with Crippen molar-refractivity contribution in [2.24, 2.45) is 0 Å². The van der Waals surface area contributed by atoms with Gasteiger partial charge in [-0.15, -0.1) is 11.3 Å². The summed E-state index contributed by atoms with van der Waals surface area (Å²) in [4.78, 5) is 23.0. The Hall–Kier alpha value is -3.16. The first kappa shape index (κ1) is 22.0. The number of anilines is 2. The van der Waals surface area contributed by atoms with Gasteiger partial charge in [0, 0.05) is 26.9 Å². The molecule has 0 saturated carbocycles. The van der Waals surface area contributed by atoms with Crippen LogP contribution in [-0.2, 0) is 6.42 Å². The SMILES string of the molecule is CCc1cc([C@@H](Nc2nc(C)cc(C)n2)c2cccc(Cl)c2)c(NC(=O)c2ccco2)s1. The second-order valence-corrected chi connectivity index (χ2v) is 8.96. The number of carbonyl (C=O) groups is 1. The van der Waals surface area contributed by atoms with Crippen LogP contribution in [0.25, 0.3) is 0 Å². The standard InChI is InChI=1S/C24H23ClN4O2S/c1-4-18-13-19(23(32-18)29-22(30)20-9-6-10-31-20)21(16-7-5-8-17(25)12-16)28-24-26-14(2)11-15(3)27-24/h5-13,21H,4H2,1-3H3,(H,29,30)(H,26,27,28)/t21-/m0/s1. The highest BCUT2D eigenvalue weighted by atomic mass is 35.5. The van der Waals surface area contributed by atoms with Gasteiger partial charge in [-0.2, -0.15) is 0 Å². The molecule has 0 unspecified atom stereocenters. The summed E-state index contributed by atoms with van der Waals surface area (Å²) in [6.07, 6.45) is 2.33. The highest BCUT2D eigenvalue weighted by Gasteiger charge is 2.24. The molecule has 2 N–H and O–H groups in total. The molecule has 0 bridgehead atoms. The molecule has 1 atom stereocenters. The molecule has 1 amide bonds. The zero-order chi connectivity index (χ0) is 22.7. The van der Waals surface area contributed by atoms with Crippen molar-refractivity contribution >= 4 is 39.8 Å². The van der Waals surface area contributed by atoms with Gasteiger partial charge in [0.1, 0.15) is 5.00 Å². The van der Waals surface area contributed by atoms with Gasteiger partial charge in [0.2, 0.25) is 5.95 Å². The first-order valence-electron chi connectivity index (χ1n) is 10.2. The molecule has 4 aromatic rings. The second-order valence-electron chi connectivity index (χ2n) is 7.39. The summed E-state index contributed by atoms with van der Waals surface area (Å²) in [5.74, 6) is 0.473. The van der Waals surface area contributed by atoms with E-state index >= 15 is 0 Å². The molecule has 0 spiro atoms. The van der Waals surface area contributed by atoms with E-state index in [1.807, 2.05) is 44.2 Å². The highest BCUT2D eigenvalue weighted by molar-refractivity contribution is 7.16. The molecule has 0 saturated heterocycles. The summed E-state index contributed by atoms with van der Waals surface area (Å²) in [5, 5.41) is 7.84.